The van der Waals surface area contributed by atoms with Gasteiger partial charge in [-0.3, -0.25) is 9.78 Å². The predicted molar refractivity (Wildman–Crippen MR) is 143 cm³/mol. The minimum atomic E-state index is 0.0131. The number of benzene rings is 1. The molecule has 188 valence electrons. The number of hydrogen-bond donors (Lipinski definition) is 1. The Balaban J connectivity index is 1.13. The molecule has 1 N–H and O–H groups in total. The summed E-state index contributed by atoms with van der Waals surface area (Å²) in [4.78, 5) is 25.4. The molecule has 3 aliphatic rings. The Morgan fingerprint density at radius 3 is 2.46 bits per heavy atom. The van der Waals surface area contributed by atoms with Crippen LogP contribution in [0.25, 0.3) is 28.0 Å². The van der Waals surface area contributed by atoms with Crippen molar-refractivity contribution in [1.29, 1.82) is 0 Å². The highest BCUT2D eigenvalue weighted by atomic mass is 16.2. The Morgan fingerprint density at radius 1 is 0.892 bits per heavy atom. The van der Waals surface area contributed by atoms with Crippen LogP contribution in [0.3, 0.4) is 0 Å². The molecule has 0 spiro atoms. The van der Waals surface area contributed by atoms with E-state index in [1.165, 1.54) is 6.42 Å². The van der Waals surface area contributed by atoms with Gasteiger partial charge in [-0.05, 0) is 57.2 Å². The summed E-state index contributed by atoms with van der Waals surface area (Å²) < 4.78 is 1.85. The normalized spacial score (nSPS) is 25.5. The number of carbonyl (C=O) groups is 1. The van der Waals surface area contributed by atoms with Gasteiger partial charge in [0, 0.05) is 52.8 Å². The highest BCUT2D eigenvalue weighted by Gasteiger charge is 2.45. The third kappa shape index (κ3) is 4.11. The fourth-order valence-corrected chi connectivity index (χ4v) is 6.67. The van der Waals surface area contributed by atoms with Crippen molar-refractivity contribution in [2.75, 3.05) is 6.54 Å². The molecule has 0 saturated carbocycles. The summed E-state index contributed by atoms with van der Waals surface area (Å²) in [6, 6.07) is 17.2. The molecule has 3 saturated heterocycles. The summed E-state index contributed by atoms with van der Waals surface area (Å²) in [6.45, 7) is 0.963. The number of nitrogens with zero attached hydrogens (tertiary/aromatic N) is 5. The molecular weight excluding hydrogens is 460 g/mol. The maximum Gasteiger partial charge on any atom is 0.240 e. The second-order valence-corrected chi connectivity index (χ2v) is 10.8. The monoisotopic (exact) mass is 492 g/mol. The van der Waals surface area contributed by atoms with Crippen LogP contribution in [0.2, 0.25) is 0 Å². The van der Waals surface area contributed by atoms with E-state index in [1.807, 2.05) is 41.3 Å². The minimum absolute atomic E-state index is 0.0131. The van der Waals surface area contributed by atoms with E-state index in [4.69, 9.17) is 9.97 Å². The highest BCUT2D eigenvalue weighted by molar-refractivity contribution is 5.83. The van der Waals surface area contributed by atoms with Gasteiger partial charge in [-0.1, -0.05) is 42.8 Å². The van der Waals surface area contributed by atoms with Gasteiger partial charge in [-0.15, -0.1) is 0 Å². The number of hydrogen-bond acceptors (Lipinski definition) is 5. The first-order chi connectivity index (χ1) is 18.2. The number of rotatable bonds is 4. The summed E-state index contributed by atoms with van der Waals surface area (Å²) in [5.41, 5.74) is 6.04. The molecule has 3 aliphatic heterocycles. The van der Waals surface area contributed by atoms with Crippen molar-refractivity contribution in [3.63, 3.8) is 0 Å². The van der Waals surface area contributed by atoms with Crippen LogP contribution >= 0.6 is 0 Å². The lowest BCUT2D eigenvalue weighted by atomic mass is 9.87. The summed E-state index contributed by atoms with van der Waals surface area (Å²) in [5, 5.41) is 8.02. The molecule has 0 aliphatic carbocycles. The smallest absolute Gasteiger partial charge is 0.240 e. The van der Waals surface area contributed by atoms with Crippen LogP contribution in [0, 0.1) is 0 Å². The van der Waals surface area contributed by atoms with E-state index in [9.17, 15) is 4.79 Å². The van der Waals surface area contributed by atoms with E-state index in [-0.39, 0.29) is 6.04 Å². The number of fused-ring (bicyclic) bond motifs is 3. The number of piperidine rings is 2. The van der Waals surface area contributed by atoms with Gasteiger partial charge in [0.05, 0.1) is 17.9 Å². The Bertz CT molecular complexity index is 1400. The summed E-state index contributed by atoms with van der Waals surface area (Å²) in [7, 11) is 0. The number of pyridine rings is 1. The zero-order valence-corrected chi connectivity index (χ0v) is 21.0. The van der Waals surface area contributed by atoms with Crippen molar-refractivity contribution in [1.82, 2.24) is 29.8 Å². The van der Waals surface area contributed by atoms with Crippen LogP contribution in [0.15, 0.2) is 67.1 Å². The van der Waals surface area contributed by atoms with Gasteiger partial charge < -0.3 is 10.2 Å². The predicted octanol–water partition coefficient (Wildman–Crippen LogP) is 4.84. The van der Waals surface area contributed by atoms with E-state index in [0.717, 1.165) is 78.8 Å². The van der Waals surface area contributed by atoms with Gasteiger partial charge in [0.25, 0.3) is 0 Å². The van der Waals surface area contributed by atoms with Crippen LogP contribution in [0.5, 0.6) is 0 Å². The third-order valence-corrected chi connectivity index (χ3v) is 8.55. The first-order valence-corrected chi connectivity index (χ1v) is 13.7. The number of carbonyl (C=O) groups excluding carboxylic acids is 1. The molecule has 0 radical (unpaired) electrons. The van der Waals surface area contributed by atoms with Crippen LogP contribution in [0.1, 0.15) is 56.6 Å². The van der Waals surface area contributed by atoms with Crippen LogP contribution in [0.4, 0.5) is 0 Å². The molecule has 1 amide bonds. The topological polar surface area (TPSA) is 75.4 Å². The van der Waals surface area contributed by atoms with Gasteiger partial charge in [0.2, 0.25) is 5.91 Å². The number of nitrogens with one attached hydrogen (secondary N) is 1. The van der Waals surface area contributed by atoms with Crippen LogP contribution in [-0.4, -0.2) is 55.1 Å². The molecule has 6 heterocycles. The van der Waals surface area contributed by atoms with Crippen molar-refractivity contribution in [2.24, 2.45) is 0 Å². The Morgan fingerprint density at radius 2 is 1.73 bits per heavy atom. The number of amides is 1. The molecule has 7 heteroatoms. The first-order valence-electron chi connectivity index (χ1n) is 13.7. The lowest BCUT2D eigenvalue weighted by Gasteiger charge is -2.41. The van der Waals surface area contributed by atoms with E-state index in [1.54, 1.807) is 0 Å². The zero-order valence-electron chi connectivity index (χ0n) is 21.0. The standard InChI is InChI=1S/C30H32N6O/c37-30(28-8-4-5-14-31-28)36-23-10-11-24(36)17-22(16-23)27-13-15-35-29(34-27)25(19-33-35)21-9-12-26(32-18-21)20-6-2-1-3-7-20/h1-3,6-7,9,12-13,15,18-19,22-24,28,31H,4-5,8,10-11,14,16-17H2/t22?,23-,24?,28+/m0/s1. The largest absolute Gasteiger partial charge is 0.335 e. The maximum atomic E-state index is 13.3. The lowest BCUT2D eigenvalue weighted by molar-refractivity contribution is -0.138. The highest BCUT2D eigenvalue weighted by Crippen LogP contribution is 2.43. The molecule has 3 fully saturated rings. The molecule has 3 aromatic heterocycles. The quantitative estimate of drug-likeness (QED) is 0.441. The Kier molecular flexibility index (Phi) is 5.73. The second-order valence-electron chi connectivity index (χ2n) is 10.8. The van der Waals surface area contributed by atoms with Gasteiger partial charge in [0.1, 0.15) is 0 Å². The van der Waals surface area contributed by atoms with Crippen molar-refractivity contribution in [3.05, 3.63) is 72.8 Å². The van der Waals surface area contributed by atoms with Gasteiger partial charge in [-0.2, -0.15) is 5.10 Å². The minimum Gasteiger partial charge on any atom is -0.335 e. The molecule has 7 nitrogen and oxygen atoms in total. The van der Waals surface area contributed by atoms with Crippen molar-refractivity contribution >= 4 is 11.6 Å². The lowest BCUT2D eigenvalue weighted by Crippen LogP contribution is -2.54. The van der Waals surface area contributed by atoms with Gasteiger partial charge >= 0.3 is 0 Å². The number of aromatic nitrogens is 4. The molecule has 4 atom stereocenters. The molecule has 37 heavy (non-hydrogen) atoms. The molecular formula is C30H32N6O. The van der Waals surface area contributed by atoms with Gasteiger partial charge in [-0.25, -0.2) is 9.50 Å². The van der Waals surface area contributed by atoms with E-state index in [2.05, 4.69) is 45.6 Å². The zero-order chi connectivity index (χ0) is 24.8. The molecule has 7 rings (SSSR count). The molecule has 4 aromatic rings. The van der Waals surface area contributed by atoms with Crippen molar-refractivity contribution < 1.29 is 4.79 Å². The molecule has 2 unspecified atom stereocenters. The first kappa shape index (κ1) is 22.6. The molecule has 2 bridgehead atoms. The fraction of sp³-hybridized carbons (Fsp3) is 0.400. The van der Waals surface area contributed by atoms with Crippen molar-refractivity contribution in [3.8, 4) is 22.4 Å². The Labute approximate surface area is 216 Å². The SMILES string of the molecule is O=C([C@H]1CCCCN1)N1C2CC[C@H]1CC(c1ccn3ncc(-c4ccc(-c5ccccc5)nc4)c3n1)C2. The summed E-state index contributed by atoms with van der Waals surface area (Å²) in [5.74, 6) is 0.700. The van der Waals surface area contributed by atoms with E-state index < -0.39 is 0 Å². The average Bonchev–Trinajstić information content (AvgIpc) is 3.50. The summed E-state index contributed by atoms with van der Waals surface area (Å²) in [6.07, 6.45) is 13.3. The third-order valence-electron chi connectivity index (χ3n) is 8.55. The van der Waals surface area contributed by atoms with Crippen LogP contribution in [-0.2, 0) is 4.79 Å². The van der Waals surface area contributed by atoms with Crippen LogP contribution < -0.4 is 5.32 Å². The second kappa shape index (κ2) is 9.38. The molecule has 1 aromatic carbocycles. The van der Waals surface area contributed by atoms with E-state index in [0.29, 0.717) is 23.9 Å². The van der Waals surface area contributed by atoms with Gasteiger partial charge in [0.15, 0.2) is 5.65 Å². The summed E-state index contributed by atoms with van der Waals surface area (Å²) >= 11 is 0. The van der Waals surface area contributed by atoms with Crippen molar-refractivity contribution in [2.45, 2.75) is 69.0 Å². The average molecular weight is 493 g/mol. The van der Waals surface area contributed by atoms with E-state index >= 15 is 0 Å². The Hall–Kier alpha value is -3.58. The maximum absolute atomic E-state index is 13.3. The fourth-order valence-electron chi connectivity index (χ4n) is 6.67.